The van der Waals surface area contributed by atoms with E-state index in [2.05, 4.69) is 53.8 Å². The molecule has 4 rings (SSSR count). The van der Waals surface area contributed by atoms with Gasteiger partial charge >= 0.3 is 0 Å². The summed E-state index contributed by atoms with van der Waals surface area (Å²) in [6, 6.07) is 12.3. The van der Waals surface area contributed by atoms with Crippen molar-refractivity contribution in [2.24, 2.45) is 0 Å². The van der Waals surface area contributed by atoms with Gasteiger partial charge in [-0.2, -0.15) is 4.98 Å². The van der Waals surface area contributed by atoms with Crippen molar-refractivity contribution in [1.29, 1.82) is 0 Å². The average molecular weight is 396 g/mol. The van der Waals surface area contributed by atoms with E-state index >= 15 is 0 Å². The average Bonchev–Trinajstić information content (AvgIpc) is 2.90. The molecule has 3 aromatic rings. The first-order valence-electron chi connectivity index (χ1n) is 9.91. The van der Waals surface area contributed by atoms with E-state index in [4.69, 9.17) is 11.6 Å². The summed E-state index contributed by atoms with van der Waals surface area (Å²) in [5.74, 6) is 1.29. The molecule has 28 heavy (non-hydrogen) atoms. The zero-order valence-corrected chi connectivity index (χ0v) is 17.6. The van der Waals surface area contributed by atoms with Gasteiger partial charge in [0, 0.05) is 0 Å². The van der Waals surface area contributed by atoms with E-state index in [0.717, 1.165) is 36.4 Å². The third kappa shape index (κ3) is 2.78. The molecular formula is C23H26ClN3O. The van der Waals surface area contributed by atoms with E-state index in [1.807, 2.05) is 19.2 Å². The molecule has 0 bridgehead atoms. The number of rotatable bonds is 5. The van der Waals surface area contributed by atoms with Crippen LogP contribution in [0.15, 0.2) is 41.2 Å². The van der Waals surface area contributed by atoms with Crippen LogP contribution in [0.2, 0.25) is 5.02 Å². The summed E-state index contributed by atoms with van der Waals surface area (Å²) in [5, 5.41) is 4.19. The molecule has 1 unspecified atom stereocenters. The number of hydrogen-bond acceptors (Lipinski definition) is 3. The number of benzene rings is 2. The molecule has 1 aliphatic rings. The van der Waals surface area contributed by atoms with Crippen LogP contribution >= 0.6 is 11.6 Å². The number of nitrogens with zero attached hydrogens (tertiary/aromatic N) is 2. The Kier molecular flexibility index (Phi) is 4.80. The van der Waals surface area contributed by atoms with Gasteiger partial charge in [0.1, 0.15) is 5.82 Å². The Bertz CT molecular complexity index is 1120. The number of halogens is 1. The van der Waals surface area contributed by atoms with Crippen molar-refractivity contribution < 1.29 is 0 Å². The van der Waals surface area contributed by atoms with Crippen molar-refractivity contribution in [3.05, 3.63) is 68.7 Å². The summed E-state index contributed by atoms with van der Waals surface area (Å²) in [6.07, 6.45) is 2.20. The van der Waals surface area contributed by atoms with Crippen molar-refractivity contribution in [3.8, 4) is 5.69 Å². The lowest BCUT2D eigenvalue weighted by molar-refractivity contribution is 0.576. The van der Waals surface area contributed by atoms with Crippen LogP contribution in [0.5, 0.6) is 0 Å². The molecule has 1 atom stereocenters. The standard InChI is InChI=1S/C23H26ClN3O/c1-5-14(11-12-25-4)15-9-10-18-16(13-15)23(2,3)22-26-21(28)20-17(24)7-6-8-19(20)27(18)22/h6-10,13-14,25H,5,11-12H2,1-4H3. The Morgan fingerprint density at radius 2 is 2.04 bits per heavy atom. The fourth-order valence-corrected chi connectivity index (χ4v) is 4.69. The highest BCUT2D eigenvalue weighted by Crippen LogP contribution is 2.44. The first-order chi connectivity index (χ1) is 13.4. The van der Waals surface area contributed by atoms with Gasteiger partial charge < -0.3 is 5.32 Å². The molecular weight excluding hydrogens is 370 g/mol. The van der Waals surface area contributed by atoms with Gasteiger partial charge in [0.25, 0.3) is 5.56 Å². The summed E-state index contributed by atoms with van der Waals surface area (Å²) in [7, 11) is 1.99. The number of hydrogen-bond donors (Lipinski definition) is 1. The second kappa shape index (κ2) is 7.02. The molecule has 1 aliphatic heterocycles. The minimum atomic E-state index is -0.345. The molecule has 0 aliphatic carbocycles. The van der Waals surface area contributed by atoms with E-state index < -0.39 is 0 Å². The van der Waals surface area contributed by atoms with Crippen LogP contribution in [0, 0.1) is 0 Å². The lowest BCUT2D eigenvalue weighted by Crippen LogP contribution is -2.24. The maximum Gasteiger partial charge on any atom is 0.282 e. The van der Waals surface area contributed by atoms with Gasteiger partial charge in [0.2, 0.25) is 0 Å². The molecule has 146 valence electrons. The third-order valence-electron chi connectivity index (χ3n) is 6.07. The highest BCUT2D eigenvalue weighted by molar-refractivity contribution is 6.35. The molecule has 4 nitrogen and oxygen atoms in total. The van der Waals surface area contributed by atoms with Crippen molar-refractivity contribution in [3.63, 3.8) is 0 Å². The summed E-state index contributed by atoms with van der Waals surface area (Å²) in [4.78, 5) is 17.2. The molecule has 0 fully saturated rings. The van der Waals surface area contributed by atoms with Gasteiger partial charge in [-0.25, -0.2) is 0 Å². The third-order valence-corrected chi connectivity index (χ3v) is 6.38. The number of aromatic nitrogens is 2. The summed E-state index contributed by atoms with van der Waals surface area (Å²) in [6.45, 7) is 7.53. The second-order valence-corrected chi connectivity index (χ2v) is 8.52. The monoisotopic (exact) mass is 395 g/mol. The fourth-order valence-electron chi connectivity index (χ4n) is 4.44. The zero-order valence-electron chi connectivity index (χ0n) is 16.8. The Morgan fingerprint density at radius 1 is 1.25 bits per heavy atom. The minimum absolute atomic E-state index is 0.256. The van der Waals surface area contributed by atoms with Crippen molar-refractivity contribution >= 4 is 22.5 Å². The predicted octanol–water partition coefficient (Wildman–Crippen LogP) is 4.78. The van der Waals surface area contributed by atoms with Crippen LogP contribution < -0.4 is 10.9 Å². The van der Waals surface area contributed by atoms with Crippen LogP contribution in [0.4, 0.5) is 0 Å². The topological polar surface area (TPSA) is 46.9 Å². The molecule has 2 heterocycles. The quantitative estimate of drug-likeness (QED) is 0.676. The van der Waals surface area contributed by atoms with Crippen molar-refractivity contribution in [2.45, 2.75) is 44.9 Å². The molecule has 0 saturated carbocycles. The molecule has 0 spiro atoms. The molecule has 0 radical (unpaired) electrons. The van der Waals surface area contributed by atoms with Crippen molar-refractivity contribution in [1.82, 2.24) is 14.9 Å². The summed E-state index contributed by atoms with van der Waals surface area (Å²) in [5.41, 5.74) is 3.88. The van der Waals surface area contributed by atoms with E-state index in [1.54, 1.807) is 6.07 Å². The number of fused-ring (bicyclic) bond motifs is 5. The van der Waals surface area contributed by atoms with Crippen LogP contribution in [0.25, 0.3) is 16.6 Å². The normalized spacial score (nSPS) is 15.5. The highest BCUT2D eigenvalue weighted by atomic mass is 35.5. The smallest absolute Gasteiger partial charge is 0.282 e. The van der Waals surface area contributed by atoms with Gasteiger partial charge in [-0.15, -0.1) is 0 Å². The summed E-state index contributed by atoms with van der Waals surface area (Å²) >= 11 is 6.34. The van der Waals surface area contributed by atoms with Gasteiger partial charge in [-0.05, 0) is 75.5 Å². The van der Waals surface area contributed by atoms with Gasteiger partial charge in [0.15, 0.2) is 0 Å². The Balaban J connectivity index is 1.95. The minimum Gasteiger partial charge on any atom is -0.320 e. The largest absolute Gasteiger partial charge is 0.320 e. The Morgan fingerprint density at radius 3 is 2.75 bits per heavy atom. The maximum atomic E-state index is 12.7. The first-order valence-corrected chi connectivity index (χ1v) is 10.3. The molecule has 5 heteroatoms. The fraction of sp³-hybridized carbons (Fsp3) is 0.391. The van der Waals surface area contributed by atoms with E-state index in [-0.39, 0.29) is 11.0 Å². The molecule has 1 aromatic heterocycles. The van der Waals surface area contributed by atoms with Gasteiger partial charge in [-0.1, -0.05) is 36.7 Å². The predicted molar refractivity (Wildman–Crippen MR) is 116 cm³/mol. The highest BCUT2D eigenvalue weighted by Gasteiger charge is 2.39. The molecule has 0 amide bonds. The Hall–Kier alpha value is -2.17. The molecule has 1 N–H and O–H groups in total. The summed E-state index contributed by atoms with van der Waals surface area (Å²) < 4.78 is 2.11. The SMILES string of the molecule is CCC(CCNC)c1ccc2c(c1)C(C)(C)c1nc(=O)c3c(Cl)cccc3n1-2. The lowest BCUT2D eigenvalue weighted by Gasteiger charge is -2.21. The Labute approximate surface area is 170 Å². The van der Waals surface area contributed by atoms with E-state index in [9.17, 15) is 4.79 Å². The second-order valence-electron chi connectivity index (χ2n) is 8.11. The van der Waals surface area contributed by atoms with E-state index in [0.29, 0.717) is 16.3 Å². The van der Waals surface area contributed by atoms with Crippen LogP contribution in [-0.2, 0) is 5.41 Å². The van der Waals surface area contributed by atoms with Gasteiger partial charge in [-0.3, -0.25) is 9.36 Å². The molecule has 0 saturated heterocycles. The number of nitrogens with one attached hydrogen (secondary N) is 1. The van der Waals surface area contributed by atoms with Crippen LogP contribution in [0.1, 0.15) is 56.5 Å². The van der Waals surface area contributed by atoms with Crippen molar-refractivity contribution in [2.75, 3.05) is 13.6 Å². The van der Waals surface area contributed by atoms with Crippen LogP contribution in [0.3, 0.4) is 0 Å². The van der Waals surface area contributed by atoms with Gasteiger partial charge in [0.05, 0.1) is 27.0 Å². The lowest BCUT2D eigenvalue weighted by atomic mass is 9.82. The first kappa shape index (κ1) is 19.2. The van der Waals surface area contributed by atoms with Crippen LogP contribution in [-0.4, -0.2) is 23.1 Å². The maximum absolute atomic E-state index is 12.7. The zero-order chi connectivity index (χ0) is 20.1. The molecule has 2 aromatic carbocycles. The van der Waals surface area contributed by atoms with E-state index in [1.165, 1.54) is 11.1 Å².